The van der Waals surface area contributed by atoms with Gasteiger partial charge in [-0.25, -0.2) is 4.98 Å². The molecule has 0 atom stereocenters. The maximum atomic E-state index is 11.8. The summed E-state index contributed by atoms with van der Waals surface area (Å²) in [5.74, 6) is 0.942. The summed E-state index contributed by atoms with van der Waals surface area (Å²) in [4.78, 5) is 20.5. The number of aryl methyl sites for hydroxylation is 1. The van der Waals surface area contributed by atoms with Gasteiger partial charge in [0.2, 0.25) is 0 Å². The highest BCUT2D eigenvalue weighted by Gasteiger charge is 2.09. The number of nitrogens with zero attached hydrogens (tertiary/aromatic N) is 2. The maximum absolute atomic E-state index is 11.8. The van der Waals surface area contributed by atoms with Gasteiger partial charge in [-0.1, -0.05) is 36.8 Å². The summed E-state index contributed by atoms with van der Waals surface area (Å²) in [5, 5.41) is 6.78. The Kier molecular flexibility index (Phi) is 6.43. The van der Waals surface area contributed by atoms with Gasteiger partial charge >= 0.3 is 0 Å². The van der Waals surface area contributed by atoms with Gasteiger partial charge in [0, 0.05) is 31.1 Å². The lowest BCUT2D eigenvalue weighted by molar-refractivity contribution is 0.0958. The van der Waals surface area contributed by atoms with Crippen LogP contribution < -0.4 is 15.4 Å². The van der Waals surface area contributed by atoms with E-state index >= 15 is 0 Å². The van der Waals surface area contributed by atoms with Crippen molar-refractivity contribution in [3.63, 3.8) is 0 Å². The normalized spacial score (nSPS) is 10.8. The number of unbranched alkanes of at least 4 members (excludes halogenated alkanes) is 1. The van der Waals surface area contributed by atoms with Gasteiger partial charge < -0.3 is 15.4 Å². The summed E-state index contributed by atoms with van der Waals surface area (Å²) in [7, 11) is 1.57. The zero-order valence-corrected chi connectivity index (χ0v) is 18.3. The summed E-state index contributed by atoms with van der Waals surface area (Å²) in [6.07, 6.45) is 5.08. The molecule has 0 aliphatic rings. The molecule has 1 amide bonds. The first-order valence-corrected chi connectivity index (χ1v) is 11.1. The molecule has 31 heavy (non-hydrogen) atoms. The van der Waals surface area contributed by atoms with Crippen molar-refractivity contribution in [1.82, 2.24) is 15.3 Å². The molecule has 0 saturated heterocycles. The number of aromatic nitrogens is 2. The number of rotatable bonds is 8. The Morgan fingerprint density at radius 1 is 1.06 bits per heavy atom. The standard InChI is InChI=1S/C24H24N4O2S/c1-3-4-5-16-6-8-17(9-7-16)27-24-28-20-14-18(10-11-22(20)31-24)30-19-12-13-26-21(15-19)23(29)25-2/h6-15H,3-5H2,1-2H3,(H,25,29)(H,27,28). The van der Waals surface area contributed by atoms with Crippen LogP contribution >= 0.6 is 11.3 Å². The van der Waals surface area contributed by atoms with Crippen molar-refractivity contribution in [1.29, 1.82) is 0 Å². The summed E-state index contributed by atoms with van der Waals surface area (Å²) in [5.41, 5.74) is 3.54. The average Bonchev–Trinajstić information content (AvgIpc) is 3.19. The number of nitrogens with one attached hydrogen (secondary N) is 2. The lowest BCUT2D eigenvalue weighted by Crippen LogP contribution is -2.18. The molecule has 0 unspecified atom stereocenters. The van der Waals surface area contributed by atoms with Gasteiger partial charge in [-0.3, -0.25) is 9.78 Å². The van der Waals surface area contributed by atoms with Crippen molar-refractivity contribution >= 4 is 38.3 Å². The predicted octanol–water partition coefficient (Wildman–Crippen LogP) is 5.93. The third-order valence-electron chi connectivity index (χ3n) is 4.81. The molecule has 2 heterocycles. The van der Waals surface area contributed by atoms with E-state index in [1.54, 1.807) is 36.7 Å². The van der Waals surface area contributed by atoms with E-state index in [9.17, 15) is 4.79 Å². The summed E-state index contributed by atoms with van der Waals surface area (Å²) in [6.45, 7) is 2.21. The lowest BCUT2D eigenvalue weighted by Gasteiger charge is -2.06. The second-order valence-electron chi connectivity index (χ2n) is 7.13. The molecule has 2 aromatic carbocycles. The van der Waals surface area contributed by atoms with Crippen molar-refractivity contribution in [3.05, 3.63) is 72.1 Å². The first-order valence-electron chi connectivity index (χ1n) is 10.3. The molecular weight excluding hydrogens is 408 g/mol. The molecule has 4 aromatic rings. The quantitative estimate of drug-likeness (QED) is 0.361. The fourth-order valence-corrected chi connectivity index (χ4v) is 4.01. The summed E-state index contributed by atoms with van der Waals surface area (Å²) in [6, 6.07) is 17.6. The third-order valence-corrected chi connectivity index (χ3v) is 5.76. The number of thiazole rings is 1. The Balaban J connectivity index is 1.47. The molecule has 0 radical (unpaired) electrons. The second-order valence-corrected chi connectivity index (χ2v) is 8.16. The zero-order chi connectivity index (χ0) is 21.6. The molecular formula is C24H24N4O2S. The number of carbonyl (C=O) groups is 1. The fraction of sp³-hybridized carbons (Fsp3) is 0.208. The lowest BCUT2D eigenvalue weighted by atomic mass is 10.1. The first-order chi connectivity index (χ1) is 15.1. The van der Waals surface area contributed by atoms with Gasteiger partial charge in [-0.05, 0) is 48.7 Å². The predicted molar refractivity (Wildman–Crippen MR) is 126 cm³/mol. The van der Waals surface area contributed by atoms with E-state index in [0.717, 1.165) is 27.5 Å². The monoisotopic (exact) mass is 432 g/mol. The van der Waals surface area contributed by atoms with Gasteiger partial charge in [-0.15, -0.1) is 0 Å². The number of amides is 1. The van der Waals surface area contributed by atoms with E-state index in [2.05, 4.69) is 46.8 Å². The van der Waals surface area contributed by atoms with Crippen LogP contribution in [0.4, 0.5) is 10.8 Å². The molecule has 0 bridgehead atoms. The smallest absolute Gasteiger partial charge is 0.269 e. The Morgan fingerprint density at radius 2 is 1.87 bits per heavy atom. The van der Waals surface area contributed by atoms with Crippen molar-refractivity contribution in [2.75, 3.05) is 12.4 Å². The van der Waals surface area contributed by atoms with Crippen LogP contribution in [0.15, 0.2) is 60.8 Å². The van der Waals surface area contributed by atoms with E-state index in [-0.39, 0.29) is 5.91 Å². The van der Waals surface area contributed by atoms with Crippen molar-refractivity contribution in [2.45, 2.75) is 26.2 Å². The Labute approximate surface area is 185 Å². The maximum Gasteiger partial charge on any atom is 0.269 e. The molecule has 0 saturated carbocycles. The van der Waals surface area contributed by atoms with Crippen molar-refractivity contribution in [2.24, 2.45) is 0 Å². The highest BCUT2D eigenvalue weighted by Crippen LogP contribution is 2.32. The van der Waals surface area contributed by atoms with Gasteiger partial charge in [-0.2, -0.15) is 0 Å². The third kappa shape index (κ3) is 5.19. The minimum atomic E-state index is -0.255. The highest BCUT2D eigenvalue weighted by molar-refractivity contribution is 7.22. The van der Waals surface area contributed by atoms with Crippen LogP contribution in [0.3, 0.4) is 0 Å². The van der Waals surface area contributed by atoms with E-state index in [1.807, 2.05) is 18.2 Å². The second kappa shape index (κ2) is 9.57. The molecule has 0 aliphatic carbocycles. The number of anilines is 2. The fourth-order valence-electron chi connectivity index (χ4n) is 3.15. The van der Waals surface area contributed by atoms with Crippen molar-refractivity contribution < 1.29 is 9.53 Å². The van der Waals surface area contributed by atoms with E-state index in [1.165, 1.54) is 18.4 Å². The van der Waals surface area contributed by atoms with E-state index in [0.29, 0.717) is 17.2 Å². The summed E-state index contributed by atoms with van der Waals surface area (Å²) < 4.78 is 6.98. The number of ether oxygens (including phenoxy) is 1. The molecule has 2 N–H and O–H groups in total. The van der Waals surface area contributed by atoms with Gasteiger partial charge in [0.1, 0.15) is 17.2 Å². The minimum absolute atomic E-state index is 0.255. The minimum Gasteiger partial charge on any atom is -0.457 e. The molecule has 0 fully saturated rings. The molecule has 6 nitrogen and oxygen atoms in total. The molecule has 4 rings (SSSR count). The molecule has 158 valence electrons. The summed E-state index contributed by atoms with van der Waals surface area (Å²) >= 11 is 1.59. The van der Waals surface area contributed by atoms with Crippen LogP contribution in [-0.2, 0) is 6.42 Å². The zero-order valence-electron chi connectivity index (χ0n) is 17.5. The van der Waals surface area contributed by atoms with Crippen LogP contribution in [0.5, 0.6) is 11.5 Å². The van der Waals surface area contributed by atoms with Crippen molar-refractivity contribution in [3.8, 4) is 11.5 Å². The number of hydrogen-bond acceptors (Lipinski definition) is 6. The average molecular weight is 433 g/mol. The van der Waals surface area contributed by atoms with Gasteiger partial charge in [0.15, 0.2) is 5.13 Å². The number of hydrogen-bond donors (Lipinski definition) is 2. The first kappa shape index (κ1) is 20.8. The number of fused-ring (bicyclic) bond motifs is 1. The van der Waals surface area contributed by atoms with Crippen LogP contribution in [0.2, 0.25) is 0 Å². The SMILES string of the molecule is CCCCc1ccc(Nc2nc3cc(Oc4ccnc(C(=O)NC)c4)ccc3s2)cc1. The topological polar surface area (TPSA) is 76.1 Å². The van der Waals surface area contributed by atoms with Gasteiger partial charge in [0.25, 0.3) is 5.91 Å². The highest BCUT2D eigenvalue weighted by atomic mass is 32.1. The number of carbonyl (C=O) groups excluding carboxylic acids is 1. The van der Waals surface area contributed by atoms with Crippen LogP contribution in [0.1, 0.15) is 35.8 Å². The Bertz CT molecular complexity index is 1190. The van der Waals surface area contributed by atoms with Crippen LogP contribution in [-0.4, -0.2) is 22.9 Å². The van der Waals surface area contributed by atoms with Gasteiger partial charge in [0.05, 0.1) is 10.2 Å². The largest absolute Gasteiger partial charge is 0.457 e. The number of pyridine rings is 1. The van der Waals surface area contributed by atoms with E-state index < -0.39 is 0 Å². The van der Waals surface area contributed by atoms with E-state index in [4.69, 9.17) is 9.72 Å². The van der Waals surface area contributed by atoms with Crippen LogP contribution in [0, 0.1) is 0 Å². The molecule has 0 aliphatic heterocycles. The molecule has 7 heteroatoms. The Hall–Kier alpha value is -3.45. The number of benzene rings is 2. The molecule has 0 spiro atoms. The molecule has 2 aromatic heterocycles. The Morgan fingerprint density at radius 3 is 2.65 bits per heavy atom. The van der Waals surface area contributed by atoms with Crippen LogP contribution in [0.25, 0.3) is 10.2 Å².